The standard InChI is InChI=1S/C22H22F2O3.C21H19F5O5S.2C20H20F2O3.C15H16F2O3.C13H14F2O3/c1-16(25)18-7-9-19(10-8-18)21(11-13-22(23,24)14-12-21)20(26)27-15-17-5-3-2-4-6-17;22-20(23)12-10-19(11-13-20,18(27)30-14-15-4-2-1-3-5-15)16-6-8-17(9-7-16)31-32(28,29)21(24,25)26;21-20(22)12-10-19(11-13-20,18(23)24)16-6-8-17(9-7-16)25-14-15-4-2-1-3-5-15;21-20(22)12-10-19(11-13-20,16-6-8-17(23)9-7-16)18(24)25-14-15-4-2-1-3-5-15;1-10(18)11-2-4-12(5-3-11)14(13(19)20)6-8-15(16,17)9-7-14;14-13(15)7-5-12(6-8-13,11(17)18)9-1-3-10(16)4-2-9/h2-10H,11-15H2,1H3;1-9H,10-14H2;1-9H,10-14H2,(H,23,24);1-9,23H,10-14H2;2-5H,6-9H2,1H3,(H,19,20);1-4,16H,5-8H2,(H,17,18). The summed E-state index contributed by atoms with van der Waals surface area (Å²) in [6.07, 6.45) is -5.89. The van der Waals surface area contributed by atoms with Crippen LogP contribution in [0.5, 0.6) is 23.0 Å². The number of Topliss-reactive ketones (excluding diaryl/α,β-unsaturated/α-hetero) is 2. The molecule has 36 heteroatoms. The molecule has 0 saturated heterocycles. The van der Waals surface area contributed by atoms with E-state index in [4.69, 9.17) is 18.9 Å². The zero-order valence-electron chi connectivity index (χ0n) is 80.1. The van der Waals surface area contributed by atoms with Crippen molar-refractivity contribution in [2.75, 3.05) is 0 Å². The topological polar surface area (TPSA) is 318 Å². The number of carboxylic acid groups (broad SMARTS) is 3. The molecule has 6 aliphatic rings. The number of hydrogen-bond acceptors (Lipinski definition) is 17. The van der Waals surface area contributed by atoms with Gasteiger partial charge in [-0.25, -0.2) is 52.7 Å². The molecule has 0 amide bonds. The van der Waals surface area contributed by atoms with E-state index in [0.717, 1.165) is 28.8 Å². The van der Waals surface area contributed by atoms with Gasteiger partial charge in [-0.3, -0.25) is 38.4 Å². The van der Waals surface area contributed by atoms with Gasteiger partial charge in [-0.2, -0.15) is 21.6 Å². The molecule has 0 radical (unpaired) electrons. The zero-order chi connectivity index (χ0) is 107. The highest BCUT2D eigenvalue weighted by Crippen LogP contribution is 2.54. The van der Waals surface area contributed by atoms with Crippen molar-refractivity contribution in [1.82, 2.24) is 0 Å². The summed E-state index contributed by atoms with van der Waals surface area (Å²) in [4.78, 5) is 96.4. The van der Waals surface area contributed by atoms with Crippen molar-refractivity contribution >= 4 is 57.5 Å². The van der Waals surface area contributed by atoms with E-state index in [9.17, 15) is 138 Å². The number of phenolic OH excluding ortho intramolecular Hbond substituents is 2. The van der Waals surface area contributed by atoms with E-state index in [-0.39, 0.29) is 151 Å². The monoisotopic (exact) mass is 2080 g/mol. The lowest BCUT2D eigenvalue weighted by molar-refractivity contribution is -0.158. The van der Waals surface area contributed by atoms with Crippen LogP contribution in [0.15, 0.2) is 267 Å². The van der Waals surface area contributed by atoms with E-state index < -0.39 is 177 Å². The van der Waals surface area contributed by atoms with E-state index in [1.54, 1.807) is 115 Å². The zero-order valence-corrected chi connectivity index (χ0v) is 81.0. The minimum Gasteiger partial charge on any atom is -0.508 e. The first kappa shape index (κ1) is 114. The molecule has 0 aliphatic heterocycles. The maximum Gasteiger partial charge on any atom is 0.534 e. The number of ketones is 2. The van der Waals surface area contributed by atoms with Crippen LogP contribution in [0.1, 0.15) is 244 Å². The van der Waals surface area contributed by atoms with Gasteiger partial charge in [-0.15, -0.1) is 0 Å². The second kappa shape index (κ2) is 47.5. The number of aliphatic carboxylic acids is 3. The SMILES string of the molecule is CC(=O)c1ccc(C2(C(=O)O)CCC(F)(F)CC2)cc1.CC(=O)c1ccc(C2(C(=O)OCc3ccccc3)CCC(F)(F)CC2)cc1.O=C(O)C1(c2ccc(O)cc2)CCC(F)(F)CC1.O=C(O)C1(c2ccc(OCc3ccccc3)cc2)CCC(F)(F)CC1.O=C(OCc1ccccc1)C1(c2ccc(O)cc2)CCC(F)(F)CC1.O=C(OCc1ccccc1)C1(c2ccc(OS(=O)(=O)C(F)(F)F)cc2)CCC(F)(F)CC1. The highest BCUT2D eigenvalue weighted by atomic mass is 32.2. The number of aromatic hydroxyl groups is 2. The van der Waals surface area contributed by atoms with Gasteiger partial charge in [0, 0.05) is 88.2 Å². The summed E-state index contributed by atoms with van der Waals surface area (Å²) in [6, 6.07) is 72.7. The van der Waals surface area contributed by atoms with Crippen molar-refractivity contribution < 1.29 is 161 Å². The maximum atomic E-state index is 13.8. The molecule has 6 saturated carbocycles. The van der Waals surface area contributed by atoms with Gasteiger partial charge in [0.05, 0.1) is 32.5 Å². The second-order valence-electron chi connectivity index (χ2n) is 37.9. The number of esters is 3. The van der Waals surface area contributed by atoms with Gasteiger partial charge >= 0.3 is 51.4 Å². The van der Waals surface area contributed by atoms with Crippen molar-refractivity contribution in [3.63, 3.8) is 0 Å². The van der Waals surface area contributed by atoms with Crippen LogP contribution in [0, 0.1) is 0 Å². The minimum atomic E-state index is -5.87. The summed E-state index contributed by atoms with van der Waals surface area (Å²) in [5, 5.41) is 47.2. The van der Waals surface area contributed by atoms with Gasteiger partial charge in [0.25, 0.3) is 0 Å². The lowest BCUT2D eigenvalue weighted by Crippen LogP contribution is -2.43. The molecule has 6 fully saturated rings. The van der Waals surface area contributed by atoms with Crippen LogP contribution in [-0.4, -0.2) is 122 Å². The molecule has 0 spiro atoms. The summed E-state index contributed by atoms with van der Waals surface area (Å²) in [5.41, 5.74) is -5.61. The van der Waals surface area contributed by atoms with Crippen molar-refractivity contribution in [3.05, 3.63) is 334 Å². The molecule has 20 nitrogen and oxygen atoms in total. The highest BCUT2D eigenvalue weighted by Gasteiger charge is 2.57. The van der Waals surface area contributed by atoms with Gasteiger partial charge in [0.1, 0.15) is 49.4 Å². The Hall–Kier alpha value is -13.5. The molecule has 5 N–H and O–H groups in total. The van der Waals surface area contributed by atoms with Crippen molar-refractivity contribution in [2.24, 2.45) is 0 Å². The molecule has 6 aliphatic carbocycles. The largest absolute Gasteiger partial charge is 0.534 e. The predicted molar refractivity (Wildman–Crippen MR) is 511 cm³/mol. The molecule has 786 valence electrons. The minimum absolute atomic E-state index is 0.0209. The van der Waals surface area contributed by atoms with Gasteiger partial charge in [0.15, 0.2) is 11.6 Å². The first-order chi connectivity index (χ1) is 69.1. The van der Waals surface area contributed by atoms with Crippen LogP contribution in [0.4, 0.5) is 65.9 Å². The molecule has 10 aromatic rings. The number of ether oxygens (including phenoxy) is 4. The van der Waals surface area contributed by atoms with Crippen LogP contribution >= 0.6 is 0 Å². The van der Waals surface area contributed by atoms with Crippen LogP contribution < -0.4 is 8.92 Å². The fourth-order valence-corrected chi connectivity index (χ4v) is 19.2. The second-order valence-corrected chi connectivity index (χ2v) is 39.4. The molecular weight excluding hydrogens is 1970 g/mol. The van der Waals surface area contributed by atoms with E-state index in [1.165, 1.54) is 62.4 Å². The summed E-state index contributed by atoms with van der Waals surface area (Å²) in [7, 11) is -5.87. The lowest BCUT2D eigenvalue weighted by atomic mass is 9.68. The van der Waals surface area contributed by atoms with Gasteiger partial charge < -0.3 is 48.7 Å². The number of benzene rings is 10. The summed E-state index contributed by atoms with van der Waals surface area (Å²) < 4.78 is 248. The average Bonchev–Trinajstić information content (AvgIpc) is 0.755. The molecule has 10 aromatic carbocycles. The molecule has 0 unspecified atom stereocenters. The van der Waals surface area contributed by atoms with Gasteiger partial charge in [0.2, 0.25) is 35.5 Å². The third-order valence-electron chi connectivity index (χ3n) is 28.1. The predicted octanol–water partition coefficient (Wildman–Crippen LogP) is 25.9. The molecular formula is C111H111F15O20S. The quantitative estimate of drug-likeness (QED) is 0.00886. The summed E-state index contributed by atoms with van der Waals surface area (Å²) in [6.45, 7) is 3.42. The molecule has 0 bridgehead atoms. The normalized spacial score (nSPS) is 18.9. The maximum absolute atomic E-state index is 13.8. The average molecular weight is 2080 g/mol. The van der Waals surface area contributed by atoms with Crippen LogP contribution in [-0.2, 0) is 112 Å². The van der Waals surface area contributed by atoms with Crippen LogP contribution in [0.3, 0.4) is 0 Å². The van der Waals surface area contributed by atoms with Crippen LogP contribution in [0.2, 0.25) is 0 Å². The number of phenols is 2. The first-order valence-corrected chi connectivity index (χ1v) is 48.8. The van der Waals surface area contributed by atoms with Crippen molar-refractivity contribution in [3.8, 4) is 23.0 Å². The Morgan fingerprint density at radius 1 is 0.265 bits per heavy atom. The van der Waals surface area contributed by atoms with E-state index >= 15 is 0 Å². The molecule has 0 aromatic heterocycles. The Balaban J connectivity index is 0.000000169. The van der Waals surface area contributed by atoms with Gasteiger partial charge in [-0.05, 0) is 195 Å². The molecule has 0 atom stereocenters. The summed E-state index contributed by atoms with van der Waals surface area (Å²) >= 11 is 0. The Labute approximate surface area is 839 Å². The van der Waals surface area contributed by atoms with E-state index in [1.807, 2.05) is 91.0 Å². The van der Waals surface area contributed by atoms with Crippen molar-refractivity contribution in [2.45, 2.75) is 268 Å². The number of halogens is 15. The van der Waals surface area contributed by atoms with Crippen molar-refractivity contribution in [1.29, 1.82) is 0 Å². The summed E-state index contributed by atoms with van der Waals surface area (Å²) in [5.74, 6) is -21.8. The highest BCUT2D eigenvalue weighted by molar-refractivity contribution is 7.88. The number of hydrogen-bond donors (Lipinski definition) is 5. The molecule has 147 heavy (non-hydrogen) atoms. The van der Waals surface area contributed by atoms with E-state index in [0.29, 0.717) is 56.9 Å². The number of carboxylic acids is 3. The Kier molecular flexibility index (Phi) is 36.8. The number of carbonyl (C=O) groups excluding carboxylic acids is 5. The fraction of sp³-hybridized carbons (Fsp3) is 0.387. The van der Waals surface area contributed by atoms with Crippen LogP contribution in [0.25, 0.3) is 0 Å². The smallest absolute Gasteiger partial charge is 0.508 e. The van der Waals surface area contributed by atoms with Gasteiger partial charge in [-0.1, -0.05) is 218 Å². The molecule has 0 heterocycles. The Morgan fingerprint density at radius 2 is 0.456 bits per heavy atom. The third kappa shape index (κ3) is 29.5. The Bertz CT molecular complexity index is 6180. The lowest BCUT2D eigenvalue weighted by Gasteiger charge is -2.38. The first-order valence-electron chi connectivity index (χ1n) is 47.4. The fourth-order valence-electron chi connectivity index (χ4n) is 18.8. The number of rotatable bonds is 25. The number of alkyl halides is 15. The molecule has 16 rings (SSSR count). The van der Waals surface area contributed by atoms with E-state index in [2.05, 4.69) is 4.18 Å². The third-order valence-corrected chi connectivity index (χ3v) is 29.1. The Morgan fingerprint density at radius 3 is 0.667 bits per heavy atom. The number of carbonyl (C=O) groups is 8.